The Bertz CT molecular complexity index is 1300. The van der Waals surface area contributed by atoms with E-state index >= 15 is 0 Å². The summed E-state index contributed by atoms with van der Waals surface area (Å²) < 4.78 is 3.45. The summed E-state index contributed by atoms with van der Waals surface area (Å²) in [5, 5.41) is 19.1. The first kappa shape index (κ1) is 25.3. The van der Waals surface area contributed by atoms with Crippen molar-refractivity contribution in [1.82, 2.24) is 35.0 Å². The van der Waals surface area contributed by atoms with Crippen LogP contribution in [0.3, 0.4) is 0 Å². The third kappa shape index (κ3) is 6.24. The van der Waals surface area contributed by atoms with Crippen LogP contribution < -0.4 is 5.69 Å². The smallest absolute Gasteiger partial charge is 0.274 e. The molecule has 0 aliphatic carbocycles. The van der Waals surface area contributed by atoms with Crippen LogP contribution in [-0.4, -0.2) is 35.0 Å². The highest BCUT2D eigenvalue weighted by molar-refractivity contribution is 5.80. The number of benzene rings is 2. The second-order valence-corrected chi connectivity index (χ2v) is 9.03. The number of allylic oxidation sites excluding steroid dienone is 2. The first-order chi connectivity index (χ1) is 17.7. The number of hydrogen-bond donors (Lipinski definition) is 1. The summed E-state index contributed by atoms with van der Waals surface area (Å²) in [5.41, 5.74) is 4.02. The number of nitrogens with one attached hydrogen (secondary N) is 1. The van der Waals surface area contributed by atoms with E-state index in [4.69, 9.17) is 0 Å². The number of rotatable bonds is 13. The zero-order valence-electron chi connectivity index (χ0n) is 21.2. The second kappa shape index (κ2) is 12.8. The first-order valence-corrected chi connectivity index (χ1v) is 12.9. The van der Waals surface area contributed by atoms with E-state index in [1.807, 2.05) is 43.3 Å². The van der Waals surface area contributed by atoms with Crippen molar-refractivity contribution in [2.45, 2.75) is 71.9 Å². The Kier molecular flexibility index (Phi) is 8.97. The van der Waals surface area contributed by atoms with Crippen molar-refractivity contribution in [2.75, 3.05) is 0 Å². The number of H-pyrrole nitrogens is 1. The molecule has 0 amide bonds. The fourth-order valence-electron chi connectivity index (χ4n) is 4.38. The van der Waals surface area contributed by atoms with E-state index in [9.17, 15) is 4.79 Å². The van der Waals surface area contributed by atoms with Crippen LogP contribution >= 0.6 is 0 Å². The molecule has 36 heavy (non-hydrogen) atoms. The van der Waals surface area contributed by atoms with Crippen LogP contribution in [-0.2, 0) is 19.5 Å². The van der Waals surface area contributed by atoms with Crippen molar-refractivity contribution in [3.63, 3.8) is 0 Å². The van der Waals surface area contributed by atoms with Gasteiger partial charge in [0.15, 0.2) is 0 Å². The predicted octanol–water partition coefficient (Wildman–Crippen LogP) is 5.42. The number of unbranched alkanes of at least 4 members (excludes halogenated alkanes) is 5. The van der Waals surface area contributed by atoms with Gasteiger partial charge in [0.1, 0.15) is 5.82 Å². The molecule has 1 N–H and O–H groups in total. The third-order valence-electron chi connectivity index (χ3n) is 6.38. The topological polar surface area (TPSA) is 94.3 Å². The highest BCUT2D eigenvalue weighted by atomic mass is 16.2. The fraction of sp³-hybridized carbons (Fsp3) is 0.393. The molecule has 0 unspecified atom stereocenters. The van der Waals surface area contributed by atoms with Gasteiger partial charge in [-0.2, -0.15) is 10.3 Å². The van der Waals surface area contributed by atoms with Crippen molar-refractivity contribution in [2.24, 2.45) is 0 Å². The molecule has 0 radical (unpaired) electrons. The molecule has 8 nitrogen and oxygen atoms in total. The minimum atomic E-state index is -0.0328. The molecule has 0 aliphatic heterocycles. The minimum absolute atomic E-state index is 0.0328. The number of aromatic nitrogens is 7. The molecule has 4 aromatic rings. The first-order valence-electron chi connectivity index (χ1n) is 12.9. The summed E-state index contributed by atoms with van der Waals surface area (Å²) in [6.07, 6.45) is 11.8. The van der Waals surface area contributed by atoms with Crippen molar-refractivity contribution < 1.29 is 0 Å². The predicted molar refractivity (Wildman–Crippen MR) is 143 cm³/mol. The minimum Gasteiger partial charge on any atom is -0.274 e. The van der Waals surface area contributed by atoms with Crippen molar-refractivity contribution in [3.8, 4) is 22.5 Å². The molecular weight excluding hydrogens is 450 g/mol. The van der Waals surface area contributed by atoms with E-state index in [2.05, 4.69) is 56.9 Å². The molecule has 2 aromatic heterocycles. The summed E-state index contributed by atoms with van der Waals surface area (Å²) >= 11 is 0. The van der Waals surface area contributed by atoms with Crippen LogP contribution in [0.1, 0.15) is 63.8 Å². The largest absolute Gasteiger partial charge is 0.346 e. The van der Waals surface area contributed by atoms with Gasteiger partial charge in [-0.05, 0) is 35.2 Å². The van der Waals surface area contributed by atoms with Crippen molar-refractivity contribution >= 4 is 0 Å². The van der Waals surface area contributed by atoms with Gasteiger partial charge in [0.2, 0.25) is 5.82 Å². The summed E-state index contributed by atoms with van der Waals surface area (Å²) in [6, 6.07) is 16.3. The van der Waals surface area contributed by atoms with Gasteiger partial charge in [0.05, 0.1) is 6.54 Å². The number of aromatic amines is 1. The Morgan fingerprint density at radius 3 is 2.42 bits per heavy atom. The van der Waals surface area contributed by atoms with Crippen LogP contribution in [0.2, 0.25) is 0 Å². The zero-order chi connectivity index (χ0) is 25.2. The number of aryl methyl sites for hydroxylation is 1. The molecule has 2 heterocycles. The van der Waals surface area contributed by atoms with E-state index in [0.29, 0.717) is 25.3 Å². The monoisotopic (exact) mass is 485 g/mol. The van der Waals surface area contributed by atoms with E-state index in [1.165, 1.54) is 25.7 Å². The Morgan fingerprint density at radius 1 is 0.944 bits per heavy atom. The van der Waals surface area contributed by atoms with Crippen LogP contribution in [0.5, 0.6) is 0 Å². The van der Waals surface area contributed by atoms with Crippen LogP contribution in [0.4, 0.5) is 0 Å². The molecule has 4 rings (SSSR count). The van der Waals surface area contributed by atoms with Crippen molar-refractivity contribution in [1.29, 1.82) is 0 Å². The molecule has 8 heteroatoms. The Labute approximate surface area is 212 Å². The highest BCUT2D eigenvalue weighted by Crippen LogP contribution is 2.29. The summed E-state index contributed by atoms with van der Waals surface area (Å²) in [7, 11) is 0. The Morgan fingerprint density at radius 2 is 1.69 bits per heavy atom. The third-order valence-corrected chi connectivity index (χ3v) is 6.38. The molecule has 0 fully saturated rings. The summed E-state index contributed by atoms with van der Waals surface area (Å²) in [6.45, 7) is 5.38. The number of hydrogen-bond acceptors (Lipinski definition) is 5. The van der Waals surface area contributed by atoms with Crippen molar-refractivity contribution in [3.05, 3.63) is 82.6 Å². The fourth-order valence-corrected chi connectivity index (χ4v) is 4.38. The van der Waals surface area contributed by atoms with Gasteiger partial charge in [-0.15, -0.1) is 10.2 Å². The van der Waals surface area contributed by atoms with Gasteiger partial charge in [0, 0.05) is 18.5 Å². The average Bonchev–Trinajstić information content (AvgIpc) is 3.55. The number of tetrazole rings is 1. The molecular formula is C28H35N7O. The van der Waals surface area contributed by atoms with Gasteiger partial charge >= 0.3 is 5.69 Å². The van der Waals surface area contributed by atoms with Gasteiger partial charge in [0.25, 0.3) is 0 Å². The second-order valence-electron chi connectivity index (χ2n) is 9.03. The average molecular weight is 486 g/mol. The maximum Gasteiger partial charge on any atom is 0.346 e. The lowest BCUT2D eigenvalue weighted by Crippen LogP contribution is -2.26. The molecule has 0 aliphatic rings. The SMILES string of the molecule is C/C=C/Cc1nn(CCCCCCCC)c(=O)n1Cc1ccc(-c2ccccc2-c2nn[nH]n2)cc1. The van der Waals surface area contributed by atoms with Gasteiger partial charge in [-0.3, -0.25) is 4.57 Å². The number of nitrogens with zero attached hydrogens (tertiary/aromatic N) is 6. The molecule has 0 spiro atoms. The van der Waals surface area contributed by atoms with E-state index in [0.717, 1.165) is 40.9 Å². The van der Waals surface area contributed by atoms with E-state index < -0.39 is 0 Å². The zero-order valence-corrected chi connectivity index (χ0v) is 21.2. The van der Waals surface area contributed by atoms with Crippen LogP contribution in [0.25, 0.3) is 22.5 Å². The van der Waals surface area contributed by atoms with Crippen LogP contribution in [0.15, 0.2) is 65.5 Å². The lowest BCUT2D eigenvalue weighted by atomic mass is 9.98. The van der Waals surface area contributed by atoms with Gasteiger partial charge in [-0.25, -0.2) is 9.48 Å². The molecule has 188 valence electrons. The summed E-state index contributed by atoms with van der Waals surface area (Å²) in [4.78, 5) is 13.2. The molecule has 0 atom stereocenters. The standard InChI is InChI=1S/C28H35N7O/c1-3-5-7-8-9-12-20-35-28(36)34(26(31-35)15-6-4-2)21-22-16-18-23(19-17-22)24-13-10-11-14-25(24)27-29-32-33-30-27/h4,6,10-11,13-14,16-19H,3,5,7-9,12,15,20-21H2,1-2H3,(H,29,30,32,33)/b6-4+. The van der Waals surface area contributed by atoms with Crippen LogP contribution in [0, 0.1) is 0 Å². The molecule has 0 saturated heterocycles. The van der Waals surface area contributed by atoms with E-state index in [-0.39, 0.29) is 5.69 Å². The molecule has 0 saturated carbocycles. The van der Waals surface area contributed by atoms with Gasteiger partial charge in [-0.1, -0.05) is 99.7 Å². The normalized spacial score (nSPS) is 11.5. The summed E-state index contributed by atoms with van der Waals surface area (Å²) in [5.74, 6) is 1.36. The maximum atomic E-state index is 13.2. The Balaban J connectivity index is 1.51. The van der Waals surface area contributed by atoms with Gasteiger partial charge < -0.3 is 0 Å². The lowest BCUT2D eigenvalue weighted by molar-refractivity contribution is 0.511. The Hall–Kier alpha value is -3.81. The lowest BCUT2D eigenvalue weighted by Gasteiger charge is -2.09. The quantitative estimate of drug-likeness (QED) is 0.202. The highest BCUT2D eigenvalue weighted by Gasteiger charge is 2.14. The maximum absolute atomic E-state index is 13.2. The molecule has 0 bridgehead atoms. The molecule has 2 aromatic carbocycles. The van der Waals surface area contributed by atoms with E-state index in [1.54, 1.807) is 9.25 Å².